The van der Waals surface area contributed by atoms with E-state index in [1.807, 2.05) is 4.90 Å². The van der Waals surface area contributed by atoms with Crippen molar-refractivity contribution in [2.75, 3.05) is 31.1 Å². The Kier molecular flexibility index (Phi) is 6.91. The highest BCUT2D eigenvalue weighted by Gasteiger charge is 2.32. The number of carbonyl (C=O) groups excluding carboxylic acids is 1. The summed E-state index contributed by atoms with van der Waals surface area (Å²) < 4.78 is 30.3. The summed E-state index contributed by atoms with van der Waals surface area (Å²) in [4.78, 5) is 26.3. The van der Waals surface area contributed by atoms with Gasteiger partial charge in [-0.1, -0.05) is 12.2 Å². The number of hydrogen-bond acceptors (Lipinski definition) is 8. The molecule has 25 heavy (non-hydrogen) atoms. The van der Waals surface area contributed by atoms with Gasteiger partial charge < -0.3 is 10.0 Å². The smallest absolute Gasteiger partial charge is 0.323 e. The Hall–Kier alpha value is -1.08. The first-order chi connectivity index (χ1) is 11.7. The summed E-state index contributed by atoms with van der Waals surface area (Å²) in [7, 11) is -3.96. The monoisotopic (exact) mass is 424 g/mol. The van der Waals surface area contributed by atoms with Gasteiger partial charge >= 0.3 is 5.97 Å². The van der Waals surface area contributed by atoms with Crippen LogP contribution in [0.4, 0.5) is 4.79 Å². The van der Waals surface area contributed by atoms with Crippen molar-refractivity contribution in [2.45, 2.75) is 6.42 Å². The summed E-state index contributed by atoms with van der Waals surface area (Å²) in [5, 5.41) is 9.30. The van der Waals surface area contributed by atoms with E-state index < -0.39 is 27.9 Å². The van der Waals surface area contributed by atoms with Crippen LogP contribution in [0.3, 0.4) is 0 Å². The van der Waals surface area contributed by atoms with Crippen LogP contribution in [0.25, 0.3) is 0 Å². The van der Waals surface area contributed by atoms with E-state index in [1.54, 1.807) is 23.9 Å². The van der Waals surface area contributed by atoms with Gasteiger partial charge in [0, 0.05) is 18.8 Å². The third-order valence-electron chi connectivity index (χ3n) is 3.30. The maximum Gasteiger partial charge on any atom is 0.323 e. The first-order valence-corrected chi connectivity index (χ1v) is 11.0. The molecular weight excluding hydrogens is 408 g/mol. The van der Waals surface area contributed by atoms with Gasteiger partial charge in [0.05, 0.1) is 15.7 Å². The molecule has 8 nitrogen and oxygen atoms in total. The molecule has 0 unspecified atom stereocenters. The zero-order valence-corrected chi connectivity index (χ0v) is 16.2. The Morgan fingerprint density at radius 2 is 2.08 bits per heavy atom. The second-order valence-electron chi connectivity index (χ2n) is 5.16. The molecule has 0 bridgehead atoms. The fraction of sp³-hybridized carbons (Fsp3) is 0.462. The van der Waals surface area contributed by atoms with E-state index in [2.05, 4.69) is 0 Å². The van der Waals surface area contributed by atoms with E-state index >= 15 is 0 Å². The third-order valence-corrected chi connectivity index (χ3v) is 6.69. The Morgan fingerprint density at radius 1 is 1.36 bits per heavy atom. The van der Waals surface area contributed by atoms with E-state index in [4.69, 9.17) is 21.9 Å². The van der Waals surface area contributed by atoms with E-state index in [0.717, 1.165) is 34.0 Å². The summed E-state index contributed by atoms with van der Waals surface area (Å²) in [5.41, 5.74) is 0. The molecule has 2 heterocycles. The van der Waals surface area contributed by atoms with Gasteiger partial charge in [0.2, 0.25) is 0 Å². The fourth-order valence-corrected chi connectivity index (χ4v) is 4.94. The van der Waals surface area contributed by atoms with Crippen molar-refractivity contribution in [1.82, 2.24) is 9.80 Å². The molecule has 0 saturated carbocycles. The molecule has 2 rings (SSSR count). The van der Waals surface area contributed by atoms with Crippen molar-refractivity contribution in [2.24, 2.45) is 0 Å². The summed E-state index contributed by atoms with van der Waals surface area (Å²) in [5.74, 6) is -0.573. The maximum absolute atomic E-state index is 11.8. The number of hydrogen-bond donors (Lipinski definition) is 2. The third kappa shape index (κ3) is 5.99. The largest absolute Gasteiger partial charge is 0.480 e. The molecule has 138 valence electrons. The van der Waals surface area contributed by atoms with Crippen LogP contribution < -0.4 is 0 Å². The number of carboxylic acids is 1. The molecule has 0 aliphatic carbocycles. The lowest BCUT2D eigenvalue weighted by molar-refractivity contribution is -0.136. The number of carboxylic acid groups (broad SMARTS) is 1. The van der Waals surface area contributed by atoms with Crippen LogP contribution in [-0.4, -0.2) is 75.2 Å². The number of carbonyl (C=O) groups is 2. The number of thioether (sulfide) groups is 2. The van der Waals surface area contributed by atoms with Gasteiger partial charge in [-0.15, -0.1) is 11.8 Å². The molecule has 2 saturated heterocycles. The SMILES string of the molecule is O=C(O)CN1C(=O)S/C(=C\C=C2\SCCN2CCCS(=O)(=O)O)C1=S. The van der Waals surface area contributed by atoms with Crippen molar-refractivity contribution in [3.63, 3.8) is 0 Å². The number of amides is 1. The zero-order chi connectivity index (χ0) is 18.6. The molecule has 2 N–H and O–H groups in total. The van der Waals surface area contributed by atoms with Gasteiger partial charge in [0.25, 0.3) is 15.4 Å². The number of thiocarbonyl (C=S) groups is 1. The molecule has 0 aromatic heterocycles. The van der Waals surface area contributed by atoms with E-state index in [1.165, 1.54) is 0 Å². The van der Waals surface area contributed by atoms with E-state index in [-0.39, 0.29) is 10.7 Å². The molecule has 0 radical (unpaired) electrons. The average molecular weight is 425 g/mol. The lowest BCUT2D eigenvalue weighted by atomic mass is 10.4. The Bertz CT molecular complexity index is 746. The first-order valence-electron chi connectivity index (χ1n) is 7.18. The van der Waals surface area contributed by atoms with Gasteiger partial charge in [-0.25, -0.2) is 0 Å². The summed E-state index contributed by atoms with van der Waals surface area (Å²) in [6.07, 6.45) is 3.78. The molecule has 0 spiro atoms. The predicted molar refractivity (Wildman–Crippen MR) is 101 cm³/mol. The number of aliphatic carboxylic acids is 1. The van der Waals surface area contributed by atoms with Crippen LogP contribution in [-0.2, 0) is 14.9 Å². The van der Waals surface area contributed by atoms with Gasteiger partial charge in [-0.3, -0.25) is 19.0 Å². The molecule has 2 fully saturated rings. The molecule has 2 aliphatic heterocycles. The van der Waals surface area contributed by atoms with Crippen molar-refractivity contribution in [3.05, 3.63) is 22.1 Å². The highest BCUT2D eigenvalue weighted by atomic mass is 32.2. The summed E-state index contributed by atoms with van der Waals surface area (Å²) in [6.45, 7) is 0.783. The predicted octanol–water partition coefficient (Wildman–Crippen LogP) is 1.62. The number of allylic oxidation sites excluding steroid dienone is 2. The quantitative estimate of drug-likeness (QED) is 0.355. The minimum atomic E-state index is -3.96. The highest BCUT2D eigenvalue weighted by molar-refractivity contribution is 8.19. The topological polar surface area (TPSA) is 115 Å². The van der Waals surface area contributed by atoms with Crippen LogP contribution in [0.5, 0.6) is 0 Å². The van der Waals surface area contributed by atoms with Crippen molar-refractivity contribution >= 4 is 62.1 Å². The molecular formula is C13H16N2O6S4. The normalized spacial score (nSPS) is 21.8. The lowest BCUT2D eigenvalue weighted by Gasteiger charge is -2.18. The fourth-order valence-electron chi connectivity index (χ4n) is 2.21. The molecule has 12 heteroatoms. The molecule has 2 aliphatic rings. The molecule has 0 aromatic rings. The Morgan fingerprint density at radius 3 is 2.72 bits per heavy atom. The number of nitrogens with zero attached hydrogens (tertiary/aromatic N) is 2. The average Bonchev–Trinajstić information content (AvgIpc) is 3.03. The summed E-state index contributed by atoms with van der Waals surface area (Å²) in [6, 6.07) is 0. The lowest BCUT2D eigenvalue weighted by Crippen LogP contribution is -2.32. The van der Waals surface area contributed by atoms with Crippen molar-refractivity contribution in [3.8, 4) is 0 Å². The van der Waals surface area contributed by atoms with Gasteiger partial charge in [-0.2, -0.15) is 8.42 Å². The second-order valence-corrected chi connectivity index (χ2v) is 9.23. The standard InChI is InChI=1S/C13H16N2O6S4/c16-11(17)8-15-12(22)9(24-13(15)18)2-3-10-14(5-6-23-10)4-1-7-25(19,20)21/h2-3H,1,4-8H2,(H,16,17)(H,19,20,21)/b9-2-,10-3+. The van der Waals surface area contributed by atoms with Gasteiger partial charge in [-0.05, 0) is 30.3 Å². The number of rotatable bonds is 7. The maximum atomic E-state index is 11.8. The van der Waals surface area contributed by atoms with Crippen LogP contribution >= 0.6 is 35.7 Å². The van der Waals surface area contributed by atoms with Crippen LogP contribution in [0.1, 0.15) is 6.42 Å². The first kappa shape index (κ1) is 20.2. The minimum Gasteiger partial charge on any atom is -0.480 e. The van der Waals surface area contributed by atoms with Crippen LogP contribution in [0.2, 0.25) is 0 Å². The molecule has 1 amide bonds. The minimum absolute atomic E-state index is 0.190. The molecule has 0 aromatic carbocycles. The van der Waals surface area contributed by atoms with E-state index in [9.17, 15) is 18.0 Å². The van der Waals surface area contributed by atoms with Gasteiger partial charge in [0.1, 0.15) is 11.5 Å². The van der Waals surface area contributed by atoms with Crippen molar-refractivity contribution in [1.29, 1.82) is 0 Å². The van der Waals surface area contributed by atoms with Gasteiger partial charge in [0.15, 0.2) is 0 Å². The van der Waals surface area contributed by atoms with Crippen LogP contribution in [0, 0.1) is 0 Å². The molecule has 0 atom stereocenters. The van der Waals surface area contributed by atoms with Crippen molar-refractivity contribution < 1.29 is 27.7 Å². The highest BCUT2D eigenvalue weighted by Crippen LogP contribution is 2.33. The zero-order valence-electron chi connectivity index (χ0n) is 13.0. The Labute approximate surface area is 159 Å². The summed E-state index contributed by atoms with van der Waals surface area (Å²) >= 11 is 7.63. The second kappa shape index (κ2) is 8.54. The van der Waals surface area contributed by atoms with E-state index in [0.29, 0.717) is 17.9 Å². The van der Waals surface area contributed by atoms with Crippen LogP contribution in [0.15, 0.2) is 22.1 Å². The Balaban J connectivity index is 2.01.